The van der Waals surface area contributed by atoms with E-state index in [9.17, 15) is 9.59 Å². The minimum Gasteiger partial charge on any atom is -0.482 e. The van der Waals surface area contributed by atoms with Crippen molar-refractivity contribution in [1.29, 1.82) is 0 Å². The van der Waals surface area contributed by atoms with Crippen LogP contribution in [0.3, 0.4) is 0 Å². The second-order valence-corrected chi connectivity index (χ2v) is 7.04. The van der Waals surface area contributed by atoms with Gasteiger partial charge in [0.05, 0.1) is 5.69 Å². The van der Waals surface area contributed by atoms with Crippen LogP contribution in [-0.2, 0) is 16.0 Å². The number of carbonyl (C=O) groups excluding carboxylic acids is 2. The standard InChI is InChI=1S/C19H17BrN2O3/c20-14-6-5-13-7-9-22(16(13)11-14)18(23)8-10-21-15-3-1-2-4-17(15)25-12-19(21)24/h1-6,11H,7-10,12H2. The maximum absolute atomic E-state index is 12.7. The summed E-state index contributed by atoms with van der Waals surface area (Å²) in [5, 5.41) is 0. The molecule has 2 amide bonds. The first-order chi connectivity index (χ1) is 12.1. The van der Waals surface area contributed by atoms with Gasteiger partial charge in [0.1, 0.15) is 5.75 Å². The average Bonchev–Trinajstić information content (AvgIpc) is 3.03. The summed E-state index contributed by atoms with van der Waals surface area (Å²) in [5.41, 5.74) is 2.88. The molecule has 6 heteroatoms. The largest absolute Gasteiger partial charge is 0.482 e. The summed E-state index contributed by atoms with van der Waals surface area (Å²) < 4.78 is 6.40. The summed E-state index contributed by atoms with van der Waals surface area (Å²) in [6.07, 6.45) is 1.15. The van der Waals surface area contributed by atoms with Gasteiger partial charge >= 0.3 is 0 Å². The fourth-order valence-electron chi connectivity index (χ4n) is 3.35. The van der Waals surface area contributed by atoms with Gasteiger partial charge in [-0.25, -0.2) is 0 Å². The molecule has 0 atom stereocenters. The van der Waals surface area contributed by atoms with E-state index in [1.165, 1.54) is 5.56 Å². The molecule has 2 aromatic rings. The number of nitrogens with zero attached hydrogens (tertiary/aromatic N) is 2. The molecule has 5 nitrogen and oxygen atoms in total. The van der Waals surface area contributed by atoms with Crippen LogP contribution >= 0.6 is 15.9 Å². The lowest BCUT2D eigenvalue weighted by Crippen LogP contribution is -2.41. The highest BCUT2D eigenvalue weighted by atomic mass is 79.9. The normalized spacial score (nSPS) is 15.6. The second-order valence-electron chi connectivity index (χ2n) is 6.12. The Morgan fingerprint density at radius 2 is 2.00 bits per heavy atom. The van der Waals surface area contributed by atoms with Gasteiger partial charge in [-0.3, -0.25) is 9.59 Å². The molecule has 2 aromatic carbocycles. The molecule has 0 unspecified atom stereocenters. The predicted octanol–water partition coefficient (Wildman–Crippen LogP) is 3.15. The number of anilines is 2. The SMILES string of the molecule is O=C(CCN1C(=O)COc2ccccc21)N1CCc2ccc(Br)cc21. The van der Waals surface area contributed by atoms with E-state index in [-0.39, 0.29) is 24.8 Å². The minimum atomic E-state index is -0.115. The van der Waals surface area contributed by atoms with Gasteiger partial charge in [0.25, 0.3) is 5.91 Å². The highest BCUT2D eigenvalue weighted by molar-refractivity contribution is 9.10. The summed E-state index contributed by atoms with van der Waals surface area (Å²) in [4.78, 5) is 28.4. The second kappa shape index (κ2) is 6.52. The Morgan fingerprint density at radius 1 is 1.16 bits per heavy atom. The molecule has 0 bridgehead atoms. The molecule has 0 aliphatic carbocycles. The molecule has 0 saturated heterocycles. The molecule has 0 saturated carbocycles. The number of amides is 2. The molecule has 2 heterocycles. The number of halogens is 1. The van der Waals surface area contributed by atoms with Crippen molar-refractivity contribution in [3.05, 3.63) is 52.5 Å². The zero-order valence-corrected chi connectivity index (χ0v) is 15.2. The van der Waals surface area contributed by atoms with Crippen LogP contribution in [-0.4, -0.2) is 31.5 Å². The first-order valence-corrected chi connectivity index (χ1v) is 9.04. The van der Waals surface area contributed by atoms with Crippen LogP contribution in [0.1, 0.15) is 12.0 Å². The highest BCUT2D eigenvalue weighted by Gasteiger charge is 2.28. The molecule has 128 valence electrons. The van der Waals surface area contributed by atoms with Crippen molar-refractivity contribution < 1.29 is 14.3 Å². The fraction of sp³-hybridized carbons (Fsp3) is 0.263. The summed E-state index contributed by atoms with van der Waals surface area (Å²) >= 11 is 3.46. The van der Waals surface area contributed by atoms with Gasteiger partial charge in [0, 0.05) is 29.7 Å². The minimum absolute atomic E-state index is 0.0185. The Balaban J connectivity index is 1.49. The molecule has 0 fully saturated rings. The van der Waals surface area contributed by atoms with Gasteiger partial charge in [-0.15, -0.1) is 0 Å². The number of rotatable bonds is 3. The first-order valence-electron chi connectivity index (χ1n) is 8.24. The Bertz CT molecular complexity index is 852. The number of fused-ring (bicyclic) bond motifs is 2. The smallest absolute Gasteiger partial charge is 0.265 e. The maximum Gasteiger partial charge on any atom is 0.265 e. The Morgan fingerprint density at radius 3 is 2.88 bits per heavy atom. The Hall–Kier alpha value is -2.34. The van der Waals surface area contributed by atoms with Crippen molar-refractivity contribution in [3.8, 4) is 5.75 Å². The van der Waals surface area contributed by atoms with Crippen molar-refractivity contribution in [3.63, 3.8) is 0 Å². The van der Waals surface area contributed by atoms with E-state index in [4.69, 9.17) is 4.74 Å². The summed E-state index contributed by atoms with van der Waals surface area (Å²) in [6.45, 7) is 1.07. The van der Waals surface area contributed by atoms with Crippen molar-refractivity contribution in [2.24, 2.45) is 0 Å². The van der Waals surface area contributed by atoms with Crippen molar-refractivity contribution in [1.82, 2.24) is 0 Å². The molecule has 0 N–H and O–H groups in total. The number of carbonyl (C=O) groups is 2. The van der Waals surface area contributed by atoms with Crippen LogP contribution in [0.5, 0.6) is 5.75 Å². The summed E-state index contributed by atoms with van der Waals surface area (Å²) in [7, 11) is 0. The molecule has 25 heavy (non-hydrogen) atoms. The van der Waals surface area contributed by atoms with E-state index >= 15 is 0 Å². The third-order valence-electron chi connectivity index (χ3n) is 4.60. The van der Waals surface area contributed by atoms with E-state index < -0.39 is 0 Å². The van der Waals surface area contributed by atoms with E-state index in [1.807, 2.05) is 41.3 Å². The van der Waals surface area contributed by atoms with Gasteiger partial charge in [0.2, 0.25) is 5.91 Å². The molecule has 0 spiro atoms. The van der Waals surface area contributed by atoms with Crippen LogP contribution < -0.4 is 14.5 Å². The maximum atomic E-state index is 12.7. The fourth-order valence-corrected chi connectivity index (χ4v) is 3.70. The zero-order chi connectivity index (χ0) is 17.4. The van der Waals surface area contributed by atoms with E-state index in [1.54, 1.807) is 4.90 Å². The molecule has 0 radical (unpaired) electrons. The zero-order valence-electron chi connectivity index (χ0n) is 13.6. The van der Waals surface area contributed by atoms with Crippen LogP contribution in [0.15, 0.2) is 46.9 Å². The monoisotopic (exact) mass is 400 g/mol. The van der Waals surface area contributed by atoms with Gasteiger partial charge in [-0.05, 0) is 36.2 Å². The lowest BCUT2D eigenvalue weighted by Gasteiger charge is -2.29. The summed E-state index contributed by atoms with van der Waals surface area (Å²) in [5.74, 6) is 0.606. The van der Waals surface area contributed by atoms with E-state index in [0.29, 0.717) is 18.8 Å². The van der Waals surface area contributed by atoms with E-state index in [0.717, 1.165) is 22.3 Å². The van der Waals surface area contributed by atoms with Crippen molar-refractivity contribution in [2.45, 2.75) is 12.8 Å². The Kier molecular flexibility index (Phi) is 4.21. The van der Waals surface area contributed by atoms with Crippen LogP contribution in [0.4, 0.5) is 11.4 Å². The van der Waals surface area contributed by atoms with Crippen molar-refractivity contribution in [2.75, 3.05) is 29.5 Å². The molecule has 0 aromatic heterocycles. The van der Waals surface area contributed by atoms with Crippen LogP contribution in [0.2, 0.25) is 0 Å². The highest BCUT2D eigenvalue weighted by Crippen LogP contribution is 2.33. The topological polar surface area (TPSA) is 49.9 Å². The third kappa shape index (κ3) is 3.02. The number of hydrogen-bond donors (Lipinski definition) is 0. The van der Waals surface area contributed by atoms with Crippen LogP contribution in [0, 0.1) is 0 Å². The lowest BCUT2D eigenvalue weighted by atomic mass is 10.2. The van der Waals surface area contributed by atoms with Gasteiger partial charge < -0.3 is 14.5 Å². The molecule has 4 rings (SSSR count). The summed E-state index contributed by atoms with van der Waals surface area (Å²) in [6, 6.07) is 13.4. The first kappa shape index (κ1) is 16.1. The van der Waals surface area contributed by atoms with Gasteiger partial charge in [-0.2, -0.15) is 0 Å². The number of ether oxygens (including phenoxy) is 1. The molecular weight excluding hydrogens is 384 g/mol. The predicted molar refractivity (Wildman–Crippen MR) is 99.1 cm³/mol. The van der Waals surface area contributed by atoms with Gasteiger partial charge in [-0.1, -0.05) is 34.1 Å². The Labute approximate surface area is 154 Å². The average molecular weight is 401 g/mol. The van der Waals surface area contributed by atoms with Gasteiger partial charge in [0.15, 0.2) is 6.61 Å². The third-order valence-corrected chi connectivity index (χ3v) is 5.09. The van der Waals surface area contributed by atoms with Crippen LogP contribution in [0.25, 0.3) is 0 Å². The van der Waals surface area contributed by atoms with E-state index in [2.05, 4.69) is 22.0 Å². The number of para-hydroxylation sites is 2. The molecular formula is C19H17BrN2O3. The number of hydrogen-bond acceptors (Lipinski definition) is 3. The molecule has 2 aliphatic heterocycles. The molecule has 2 aliphatic rings. The lowest BCUT2D eigenvalue weighted by molar-refractivity contribution is -0.121. The van der Waals surface area contributed by atoms with Crippen molar-refractivity contribution >= 4 is 39.1 Å². The quantitative estimate of drug-likeness (QED) is 0.794. The number of benzene rings is 2.